The number of carbonyl (C=O) groups is 1. The molecule has 8 nitrogen and oxygen atoms in total. The standard InChI is InChI=1S/C30H33ClN6O2/c31-24-8-12-27(13-9-24)39-28-14-10-25(11-15-28)35-30(33)37(22-32)26(20-23-6-2-1-3-7-23)21-29(38)34-16-19-36-17-4-5-18-36/h1-3,6-15,26H,4-5,16-21H2,(H2,33,35)(H,34,38). The first-order chi connectivity index (χ1) is 19.0. The molecule has 3 N–H and O–H groups in total. The number of ether oxygens (including phenoxy) is 1. The zero-order valence-corrected chi connectivity index (χ0v) is 22.6. The molecule has 1 amide bonds. The van der Waals surface area contributed by atoms with Crippen molar-refractivity contribution in [1.82, 2.24) is 15.1 Å². The van der Waals surface area contributed by atoms with Crippen LogP contribution in [-0.4, -0.2) is 53.9 Å². The van der Waals surface area contributed by atoms with Gasteiger partial charge in [-0.15, -0.1) is 0 Å². The van der Waals surface area contributed by atoms with E-state index >= 15 is 0 Å². The number of hydrogen-bond donors (Lipinski definition) is 2. The number of nitrogens with zero attached hydrogens (tertiary/aromatic N) is 4. The molecule has 0 aromatic heterocycles. The Bertz CT molecular complexity index is 1270. The van der Waals surface area contributed by atoms with Crippen LogP contribution in [0, 0.1) is 11.5 Å². The predicted octanol–water partition coefficient (Wildman–Crippen LogP) is 5.07. The molecule has 0 saturated carbocycles. The maximum absolute atomic E-state index is 12.9. The highest BCUT2D eigenvalue weighted by Crippen LogP contribution is 2.25. The Balaban J connectivity index is 1.43. The molecule has 1 atom stereocenters. The maximum Gasteiger partial charge on any atom is 0.222 e. The van der Waals surface area contributed by atoms with E-state index in [4.69, 9.17) is 22.1 Å². The average Bonchev–Trinajstić information content (AvgIpc) is 3.46. The minimum absolute atomic E-state index is 0.0228. The van der Waals surface area contributed by atoms with Crippen LogP contribution in [0.4, 0.5) is 5.69 Å². The summed E-state index contributed by atoms with van der Waals surface area (Å²) >= 11 is 5.93. The molecule has 3 aromatic rings. The minimum Gasteiger partial charge on any atom is -0.457 e. The molecular formula is C30H33ClN6O2. The van der Waals surface area contributed by atoms with Crippen LogP contribution in [0.5, 0.6) is 11.5 Å². The summed E-state index contributed by atoms with van der Waals surface area (Å²) in [5.74, 6) is 1.19. The van der Waals surface area contributed by atoms with Gasteiger partial charge in [-0.25, -0.2) is 9.89 Å². The van der Waals surface area contributed by atoms with Crippen LogP contribution in [0.15, 0.2) is 83.9 Å². The number of guanidine groups is 1. The van der Waals surface area contributed by atoms with E-state index < -0.39 is 6.04 Å². The average molecular weight is 545 g/mol. The van der Waals surface area contributed by atoms with Crippen LogP contribution in [0.1, 0.15) is 24.8 Å². The lowest BCUT2D eigenvalue weighted by Crippen LogP contribution is -2.45. The van der Waals surface area contributed by atoms with Gasteiger partial charge >= 0.3 is 0 Å². The van der Waals surface area contributed by atoms with E-state index in [2.05, 4.69) is 21.4 Å². The highest BCUT2D eigenvalue weighted by molar-refractivity contribution is 6.30. The number of amides is 1. The van der Waals surface area contributed by atoms with Crippen molar-refractivity contribution in [2.75, 3.05) is 26.2 Å². The van der Waals surface area contributed by atoms with E-state index in [1.165, 1.54) is 17.7 Å². The van der Waals surface area contributed by atoms with E-state index in [-0.39, 0.29) is 18.3 Å². The Morgan fingerprint density at radius 1 is 1.05 bits per heavy atom. The van der Waals surface area contributed by atoms with Gasteiger partial charge in [0.25, 0.3) is 0 Å². The van der Waals surface area contributed by atoms with Crippen molar-refractivity contribution in [3.8, 4) is 17.7 Å². The summed E-state index contributed by atoms with van der Waals surface area (Å²) in [6, 6.07) is 23.4. The highest BCUT2D eigenvalue weighted by Gasteiger charge is 2.24. The van der Waals surface area contributed by atoms with Crippen molar-refractivity contribution in [2.45, 2.75) is 31.7 Å². The summed E-state index contributed by atoms with van der Waals surface area (Å²) in [6.45, 7) is 3.57. The summed E-state index contributed by atoms with van der Waals surface area (Å²) in [4.78, 5) is 21.0. The Hall–Kier alpha value is -4.06. The number of nitriles is 1. The third-order valence-corrected chi connectivity index (χ3v) is 6.79. The molecule has 1 fully saturated rings. The number of likely N-dealkylation sites (tertiary alicyclic amines) is 1. The third-order valence-electron chi connectivity index (χ3n) is 6.53. The molecule has 1 unspecified atom stereocenters. The number of nitrogens with one attached hydrogen (secondary N) is 1. The summed E-state index contributed by atoms with van der Waals surface area (Å²) in [5, 5.41) is 13.7. The molecule has 0 radical (unpaired) electrons. The molecule has 0 bridgehead atoms. The molecule has 39 heavy (non-hydrogen) atoms. The zero-order chi connectivity index (χ0) is 27.5. The quantitative estimate of drug-likeness (QED) is 0.151. The van der Waals surface area contributed by atoms with Crippen LogP contribution >= 0.6 is 11.6 Å². The van der Waals surface area contributed by atoms with Crippen LogP contribution in [0.3, 0.4) is 0 Å². The number of hydrogen-bond acceptors (Lipinski definition) is 5. The van der Waals surface area contributed by atoms with Gasteiger partial charge in [0.1, 0.15) is 11.5 Å². The monoisotopic (exact) mass is 544 g/mol. The van der Waals surface area contributed by atoms with Gasteiger partial charge in [-0.05, 0) is 86.4 Å². The highest BCUT2D eigenvalue weighted by atomic mass is 35.5. The van der Waals surface area contributed by atoms with Crippen molar-refractivity contribution in [3.05, 3.63) is 89.4 Å². The van der Waals surface area contributed by atoms with Gasteiger partial charge in [0, 0.05) is 24.5 Å². The summed E-state index contributed by atoms with van der Waals surface area (Å²) in [6.07, 6.45) is 5.16. The number of aliphatic imine (C=N–C) groups is 1. The summed E-state index contributed by atoms with van der Waals surface area (Å²) in [7, 11) is 0. The number of nitrogens with two attached hydrogens (primary N) is 1. The second-order valence-corrected chi connectivity index (χ2v) is 9.87. The SMILES string of the molecule is N#CN(C(N)=Nc1ccc(Oc2ccc(Cl)cc2)cc1)C(CC(=O)NCCN1CCCC1)Cc1ccccc1. The topological polar surface area (TPSA) is 107 Å². The van der Waals surface area contributed by atoms with Crippen molar-refractivity contribution in [1.29, 1.82) is 5.26 Å². The Kier molecular flexibility index (Phi) is 10.2. The van der Waals surface area contributed by atoms with E-state index in [0.29, 0.717) is 35.2 Å². The van der Waals surface area contributed by atoms with Crippen LogP contribution in [0.2, 0.25) is 5.02 Å². The summed E-state index contributed by atoms with van der Waals surface area (Å²) < 4.78 is 5.83. The molecule has 9 heteroatoms. The van der Waals surface area contributed by atoms with Crippen LogP contribution < -0.4 is 15.8 Å². The Morgan fingerprint density at radius 3 is 2.33 bits per heavy atom. The van der Waals surface area contributed by atoms with Gasteiger partial charge < -0.3 is 20.7 Å². The second kappa shape index (κ2) is 14.2. The molecule has 0 aliphatic carbocycles. The molecule has 0 spiro atoms. The molecule has 1 aliphatic rings. The third kappa shape index (κ3) is 8.74. The minimum atomic E-state index is -0.486. The fourth-order valence-corrected chi connectivity index (χ4v) is 4.65. The molecule has 3 aromatic carbocycles. The van der Waals surface area contributed by atoms with Crippen LogP contribution in [-0.2, 0) is 11.2 Å². The molecule has 4 rings (SSSR count). The number of halogens is 1. The maximum atomic E-state index is 12.9. The number of carbonyl (C=O) groups excluding carboxylic acids is 1. The predicted molar refractivity (Wildman–Crippen MR) is 154 cm³/mol. The fourth-order valence-electron chi connectivity index (χ4n) is 4.52. The lowest BCUT2D eigenvalue weighted by Gasteiger charge is -2.26. The van der Waals surface area contributed by atoms with Gasteiger partial charge in [0.15, 0.2) is 6.19 Å². The van der Waals surface area contributed by atoms with E-state index in [9.17, 15) is 10.1 Å². The molecule has 1 heterocycles. The second-order valence-electron chi connectivity index (χ2n) is 9.44. The van der Waals surface area contributed by atoms with Gasteiger partial charge in [-0.3, -0.25) is 4.79 Å². The molecule has 1 aliphatic heterocycles. The first-order valence-corrected chi connectivity index (χ1v) is 13.5. The lowest BCUT2D eigenvalue weighted by atomic mass is 10.0. The molecular weight excluding hydrogens is 512 g/mol. The van der Waals surface area contributed by atoms with Gasteiger partial charge in [0.05, 0.1) is 11.7 Å². The van der Waals surface area contributed by atoms with Crippen molar-refractivity contribution >= 4 is 29.2 Å². The van der Waals surface area contributed by atoms with E-state index in [1.807, 2.05) is 30.3 Å². The Labute approximate surface area is 234 Å². The molecule has 1 saturated heterocycles. The fraction of sp³-hybridized carbons (Fsp3) is 0.300. The largest absolute Gasteiger partial charge is 0.457 e. The zero-order valence-electron chi connectivity index (χ0n) is 21.8. The first kappa shape index (κ1) is 28.0. The van der Waals surface area contributed by atoms with Crippen LogP contribution in [0.25, 0.3) is 0 Å². The molecule has 202 valence electrons. The van der Waals surface area contributed by atoms with Crippen molar-refractivity contribution in [2.24, 2.45) is 10.7 Å². The van der Waals surface area contributed by atoms with Gasteiger partial charge in [0.2, 0.25) is 11.9 Å². The van der Waals surface area contributed by atoms with Gasteiger partial charge in [-0.1, -0.05) is 41.9 Å². The first-order valence-electron chi connectivity index (χ1n) is 13.1. The Morgan fingerprint density at radius 2 is 1.69 bits per heavy atom. The summed E-state index contributed by atoms with van der Waals surface area (Å²) in [5.41, 5.74) is 7.88. The number of rotatable bonds is 11. The normalized spacial score (nSPS) is 14.4. The van der Waals surface area contributed by atoms with E-state index in [0.717, 1.165) is 25.2 Å². The van der Waals surface area contributed by atoms with E-state index in [1.54, 1.807) is 48.5 Å². The van der Waals surface area contributed by atoms with Crippen molar-refractivity contribution in [3.63, 3.8) is 0 Å². The smallest absolute Gasteiger partial charge is 0.222 e. The number of benzene rings is 3. The van der Waals surface area contributed by atoms with Gasteiger partial charge in [-0.2, -0.15) is 5.26 Å². The lowest BCUT2D eigenvalue weighted by molar-refractivity contribution is -0.121. The van der Waals surface area contributed by atoms with Crippen molar-refractivity contribution < 1.29 is 9.53 Å².